The Morgan fingerprint density at radius 3 is 1.79 bits per heavy atom. The van der Waals surface area contributed by atoms with Crippen molar-refractivity contribution >= 4 is 11.5 Å². The maximum atomic E-state index is 12.5. The van der Waals surface area contributed by atoms with Crippen molar-refractivity contribution in [3.05, 3.63) is 114 Å². The van der Waals surface area contributed by atoms with Gasteiger partial charge in [-0.2, -0.15) is 0 Å². The molecule has 0 amide bonds. The number of hydrogen-bond donors (Lipinski definition) is 1. The van der Waals surface area contributed by atoms with Crippen LogP contribution in [-0.2, 0) is 6.54 Å². The molecule has 0 aliphatic heterocycles. The van der Waals surface area contributed by atoms with Crippen LogP contribution in [0.1, 0.15) is 21.5 Å². The Labute approximate surface area is 142 Å². The quantitative estimate of drug-likeness (QED) is 0.528. The molecule has 24 heavy (non-hydrogen) atoms. The SMILES string of the molecule is O=C(/C=C(/NCc1ccccc1)c1ccccc1)c1ccccc1. The molecule has 3 rings (SSSR count). The van der Waals surface area contributed by atoms with Crippen LogP contribution in [-0.4, -0.2) is 5.78 Å². The van der Waals surface area contributed by atoms with Crippen LogP contribution >= 0.6 is 0 Å². The van der Waals surface area contributed by atoms with Crippen molar-refractivity contribution in [2.24, 2.45) is 0 Å². The van der Waals surface area contributed by atoms with E-state index in [0.29, 0.717) is 12.1 Å². The van der Waals surface area contributed by atoms with E-state index >= 15 is 0 Å². The molecule has 0 aromatic heterocycles. The van der Waals surface area contributed by atoms with Gasteiger partial charge in [-0.25, -0.2) is 0 Å². The Bertz CT molecular complexity index is 808. The molecule has 0 heterocycles. The van der Waals surface area contributed by atoms with Gasteiger partial charge in [-0.15, -0.1) is 0 Å². The van der Waals surface area contributed by atoms with Crippen LogP contribution < -0.4 is 5.32 Å². The maximum absolute atomic E-state index is 12.5. The molecule has 0 aliphatic rings. The van der Waals surface area contributed by atoms with Gasteiger partial charge in [0.2, 0.25) is 0 Å². The first-order chi connectivity index (χ1) is 11.8. The lowest BCUT2D eigenvalue weighted by atomic mass is 10.1. The minimum absolute atomic E-state index is 0.00462. The molecule has 118 valence electrons. The lowest BCUT2D eigenvalue weighted by Crippen LogP contribution is -2.13. The molecule has 2 nitrogen and oxygen atoms in total. The van der Waals surface area contributed by atoms with Crippen molar-refractivity contribution in [3.8, 4) is 0 Å². The van der Waals surface area contributed by atoms with Crippen LogP contribution in [0.5, 0.6) is 0 Å². The zero-order valence-corrected chi connectivity index (χ0v) is 13.4. The molecule has 0 unspecified atom stereocenters. The number of hydrogen-bond acceptors (Lipinski definition) is 2. The summed E-state index contributed by atoms with van der Waals surface area (Å²) in [4.78, 5) is 12.5. The van der Waals surface area contributed by atoms with E-state index < -0.39 is 0 Å². The number of benzene rings is 3. The summed E-state index contributed by atoms with van der Waals surface area (Å²) in [5.74, 6) is -0.00462. The molecule has 0 radical (unpaired) electrons. The molecule has 2 heteroatoms. The zero-order chi connectivity index (χ0) is 16.6. The van der Waals surface area contributed by atoms with E-state index in [1.54, 1.807) is 6.08 Å². The Balaban J connectivity index is 1.85. The smallest absolute Gasteiger partial charge is 0.187 e. The monoisotopic (exact) mass is 313 g/mol. The third-order valence-corrected chi connectivity index (χ3v) is 3.74. The highest BCUT2D eigenvalue weighted by Gasteiger charge is 2.07. The number of nitrogens with one attached hydrogen (secondary N) is 1. The highest BCUT2D eigenvalue weighted by Crippen LogP contribution is 2.14. The number of carbonyl (C=O) groups is 1. The molecule has 0 saturated heterocycles. The van der Waals surface area contributed by atoms with Crippen LogP contribution in [0, 0.1) is 0 Å². The lowest BCUT2D eigenvalue weighted by Gasteiger charge is -2.12. The first-order valence-electron chi connectivity index (χ1n) is 7.97. The van der Waals surface area contributed by atoms with Gasteiger partial charge >= 0.3 is 0 Å². The maximum Gasteiger partial charge on any atom is 0.187 e. The Morgan fingerprint density at radius 1 is 0.708 bits per heavy atom. The van der Waals surface area contributed by atoms with Gasteiger partial charge in [0.05, 0.1) is 0 Å². The van der Waals surface area contributed by atoms with Gasteiger partial charge in [-0.1, -0.05) is 91.0 Å². The standard InChI is InChI=1S/C22H19NO/c24-22(20-14-8-3-9-15-20)16-21(19-12-6-2-7-13-19)23-17-18-10-4-1-5-11-18/h1-16,23H,17H2/b21-16+. The van der Waals surface area contributed by atoms with Crippen molar-refractivity contribution in [1.29, 1.82) is 0 Å². The summed E-state index contributed by atoms with van der Waals surface area (Å²) >= 11 is 0. The van der Waals surface area contributed by atoms with Gasteiger partial charge < -0.3 is 5.32 Å². The number of allylic oxidation sites excluding steroid dienone is 1. The molecule has 1 N–H and O–H groups in total. The van der Waals surface area contributed by atoms with Crippen molar-refractivity contribution in [1.82, 2.24) is 5.32 Å². The van der Waals surface area contributed by atoms with Gasteiger partial charge in [-0.3, -0.25) is 4.79 Å². The summed E-state index contributed by atoms with van der Waals surface area (Å²) in [6.07, 6.45) is 1.67. The molecule has 3 aromatic rings. The van der Waals surface area contributed by atoms with Crippen LogP contribution in [0.3, 0.4) is 0 Å². The number of ketones is 1. The third kappa shape index (κ3) is 4.20. The summed E-state index contributed by atoms with van der Waals surface area (Å²) in [7, 11) is 0. The summed E-state index contributed by atoms with van der Waals surface area (Å²) in [6.45, 7) is 0.670. The fourth-order valence-corrected chi connectivity index (χ4v) is 2.46. The lowest BCUT2D eigenvalue weighted by molar-refractivity contribution is 0.104. The minimum atomic E-state index is -0.00462. The Kier molecular flexibility index (Phi) is 5.21. The van der Waals surface area contributed by atoms with Crippen molar-refractivity contribution in [2.75, 3.05) is 0 Å². The molecule has 0 fully saturated rings. The Morgan fingerprint density at radius 2 is 1.21 bits per heavy atom. The van der Waals surface area contributed by atoms with Crippen LogP contribution in [0.15, 0.2) is 97.1 Å². The number of carbonyl (C=O) groups excluding carboxylic acids is 1. The van der Waals surface area contributed by atoms with E-state index in [-0.39, 0.29) is 5.78 Å². The molecular formula is C22H19NO. The largest absolute Gasteiger partial charge is 0.380 e. The predicted octanol–water partition coefficient (Wildman–Crippen LogP) is 4.70. The van der Waals surface area contributed by atoms with Gasteiger partial charge in [0.15, 0.2) is 5.78 Å². The number of rotatable bonds is 6. The fraction of sp³-hybridized carbons (Fsp3) is 0.0455. The molecule has 0 aliphatic carbocycles. The highest BCUT2D eigenvalue weighted by molar-refractivity contribution is 6.08. The topological polar surface area (TPSA) is 29.1 Å². The second kappa shape index (κ2) is 7.93. The molecule has 0 bridgehead atoms. The minimum Gasteiger partial charge on any atom is -0.380 e. The van der Waals surface area contributed by atoms with Crippen LogP contribution in [0.2, 0.25) is 0 Å². The van der Waals surface area contributed by atoms with E-state index in [1.807, 2.05) is 78.9 Å². The predicted molar refractivity (Wildman–Crippen MR) is 98.5 cm³/mol. The van der Waals surface area contributed by atoms with Crippen molar-refractivity contribution in [2.45, 2.75) is 6.54 Å². The van der Waals surface area contributed by atoms with E-state index in [9.17, 15) is 4.79 Å². The average Bonchev–Trinajstić information content (AvgIpc) is 2.67. The molecule has 0 spiro atoms. The van der Waals surface area contributed by atoms with E-state index in [2.05, 4.69) is 17.4 Å². The molecule has 0 saturated carbocycles. The summed E-state index contributed by atoms with van der Waals surface area (Å²) in [5.41, 5.74) is 3.69. The summed E-state index contributed by atoms with van der Waals surface area (Å²) in [6, 6.07) is 29.4. The van der Waals surface area contributed by atoms with Crippen molar-refractivity contribution < 1.29 is 4.79 Å². The zero-order valence-electron chi connectivity index (χ0n) is 13.4. The van der Waals surface area contributed by atoms with Gasteiger partial charge in [0.1, 0.15) is 0 Å². The third-order valence-electron chi connectivity index (χ3n) is 3.74. The second-order valence-electron chi connectivity index (χ2n) is 5.49. The van der Waals surface area contributed by atoms with Gasteiger partial charge in [0.25, 0.3) is 0 Å². The van der Waals surface area contributed by atoms with Crippen molar-refractivity contribution in [3.63, 3.8) is 0 Å². The Hall–Kier alpha value is -3.13. The van der Waals surface area contributed by atoms with Gasteiger partial charge in [0, 0.05) is 23.9 Å². The van der Waals surface area contributed by atoms with Crippen LogP contribution in [0.4, 0.5) is 0 Å². The van der Waals surface area contributed by atoms with E-state index in [1.165, 1.54) is 5.56 Å². The average molecular weight is 313 g/mol. The molecule has 3 aromatic carbocycles. The van der Waals surface area contributed by atoms with Gasteiger partial charge in [-0.05, 0) is 11.1 Å². The normalized spacial score (nSPS) is 11.1. The van der Waals surface area contributed by atoms with E-state index in [0.717, 1.165) is 11.3 Å². The second-order valence-corrected chi connectivity index (χ2v) is 5.49. The first-order valence-corrected chi connectivity index (χ1v) is 7.97. The van der Waals surface area contributed by atoms with E-state index in [4.69, 9.17) is 0 Å². The summed E-state index contributed by atoms with van der Waals surface area (Å²) < 4.78 is 0. The highest BCUT2D eigenvalue weighted by atomic mass is 16.1. The van der Waals surface area contributed by atoms with Crippen LogP contribution in [0.25, 0.3) is 5.70 Å². The molecule has 0 atom stereocenters. The summed E-state index contributed by atoms with van der Waals surface area (Å²) in [5, 5.41) is 3.39. The fourth-order valence-electron chi connectivity index (χ4n) is 2.46. The first kappa shape index (κ1) is 15.8. The molecular weight excluding hydrogens is 294 g/mol.